The molecule has 2 aliphatic rings. The van der Waals surface area contributed by atoms with Crippen LogP contribution in [0.1, 0.15) is 33.6 Å². The van der Waals surface area contributed by atoms with Crippen LogP contribution in [0.3, 0.4) is 0 Å². The fourth-order valence-corrected chi connectivity index (χ4v) is 6.16. The predicted octanol–water partition coefficient (Wildman–Crippen LogP) is 1.95. The van der Waals surface area contributed by atoms with Gasteiger partial charge in [0.2, 0.25) is 0 Å². The minimum atomic E-state index is -3.64. The SMILES string of the molecule is O=C(OCN1C(=O)c2ccccc2C1=O)C1CCCN(S(=O)(=O)c2cccs2)C1. The molecule has 2 amide bonds. The number of rotatable bonds is 5. The zero-order valence-electron chi connectivity index (χ0n) is 15.3. The van der Waals surface area contributed by atoms with Crippen LogP contribution >= 0.6 is 11.3 Å². The number of hydrogen-bond acceptors (Lipinski definition) is 7. The molecule has 29 heavy (non-hydrogen) atoms. The van der Waals surface area contributed by atoms with Gasteiger partial charge in [0.05, 0.1) is 17.0 Å². The van der Waals surface area contributed by atoms with Gasteiger partial charge in [-0.1, -0.05) is 18.2 Å². The van der Waals surface area contributed by atoms with Crippen LogP contribution < -0.4 is 0 Å². The maximum atomic E-state index is 12.7. The summed E-state index contributed by atoms with van der Waals surface area (Å²) >= 11 is 1.13. The summed E-state index contributed by atoms with van der Waals surface area (Å²) < 4.78 is 32.1. The Kier molecular flexibility index (Phi) is 5.24. The highest BCUT2D eigenvalue weighted by molar-refractivity contribution is 7.91. The molecule has 3 heterocycles. The van der Waals surface area contributed by atoms with E-state index in [1.807, 2.05) is 0 Å². The van der Waals surface area contributed by atoms with Crippen molar-refractivity contribution in [2.24, 2.45) is 5.92 Å². The van der Waals surface area contributed by atoms with E-state index in [2.05, 4.69) is 0 Å². The van der Waals surface area contributed by atoms with E-state index in [0.717, 1.165) is 16.2 Å². The molecule has 8 nitrogen and oxygen atoms in total. The quantitative estimate of drug-likeness (QED) is 0.527. The van der Waals surface area contributed by atoms with Gasteiger partial charge in [0.15, 0.2) is 6.73 Å². The molecule has 10 heteroatoms. The van der Waals surface area contributed by atoms with Crippen LogP contribution in [0.25, 0.3) is 0 Å². The van der Waals surface area contributed by atoms with Gasteiger partial charge in [0.1, 0.15) is 4.21 Å². The first kappa shape index (κ1) is 19.7. The van der Waals surface area contributed by atoms with E-state index < -0.39 is 40.5 Å². The highest BCUT2D eigenvalue weighted by atomic mass is 32.2. The van der Waals surface area contributed by atoms with Crippen molar-refractivity contribution < 1.29 is 27.5 Å². The van der Waals surface area contributed by atoms with Gasteiger partial charge in [0.25, 0.3) is 21.8 Å². The van der Waals surface area contributed by atoms with E-state index in [4.69, 9.17) is 4.74 Å². The van der Waals surface area contributed by atoms with Crippen molar-refractivity contribution in [2.75, 3.05) is 19.8 Å². The van der Waals surface area contributed by atoms with E-state index >= 15 is 0 Å². The van der Waals surface area contributed by atoms with Gasteiger partial charge in [-0.25, -0.2) is 13.3 Å². The first-order valence-corrected chi connectivity index (χ1v) is 11.4. The molecule has 0 radical (unpaired) electrons. The summed E-state index contributed by atoms with van der Waals surface area (Å²) in [5.41, 5.74) is 0.555. The van der Waals surface area contributed by atoms with Gasteiger partial charge in [-0.05, 0) is 36.4 Å². The average molecular weight is 434 g/mol. The number of piperidine rings is 1. The van der Waals surface area contributed by atoms with Crippen LogP contribution in [0.2, 0.25) is 0 Å². The summed E-state index contributed by atoms with van der Waals surface area (Å²) in [6, 6.07) is 9.60. The van der Waals surface area contributed by atoms with Crippen LogP contribution in [0.5, 0.6) is 0 Å². The van der Waals surface area contributed by atoms with Gasteiger partial charge < -0.3 is 4.74 Å². The topological polar surface area (TPSA) is 101 Å². The molecule has 0 aliphatic carbocycles. The number of benzene rings is 1. The molecule has 2 aromatic rings. The molecule has 1 saturated heterocycles. The number of fused-ring (bicyclic) bond motifs is 1. The lowest BCUT2D eigenvalue weighted by Crippen LogP contribution is -2.43. The number of thiophene rings is 1. The van der Waals surface area contributed by atoms with Crippen LogP contribution in [0.4, 0.5) is 0 Å². The number of esters is 1. The summed E-state index contributed by atoms with van der Waals surface area (Å²) in [6.45, 7) is -0.136. The fraction of sp³-hybridized carbons (Fsp3) is 0.316. The minimum Gasteiger partial charge on any atom is -0.443 e. The molecule has 1 unspecified atom stereocenters. The Morgan fingerprint density at radius 3 is 2.41 bits per heavy atom. The third kappa shape index (κ3) is 3.59. The molecule has 1 atom stereocenters. The number of nitrogens with zero attached hydrogens (tertiary/aromatic N) is 2. The molecule has 0 spiro atoms. The summed E-state index contributed by atoms with van der Waals surface area (Å²) in [5.74, 6) is -2.28. The lowest BCUT2D eigenvalue weighted by molar-refractivity contribution is -0.152. The van der Waals surface area contributed by atoms with Crippen molar-refractivity contribution in [3.63, 3.8) is 0 Å². The van der Waals surface area contributed by atoms with Crippen molar-refractivity contribution >= 4 is 39.1 Å². The van der Waals surface area contributed by atoms with Crippen LogP contribution in [0.15, 0.2) is 46.0 Å². The lowest BCUT2D eigenvalue weighted by Gasteiger charge is -2.30. The maximum Gasteiger partial charge on any atom is 0.312 e. The van der Waals surface area contributed by atoms with Crippen molar-refractivity contribution in [1.82, 2.24) is 9.21 Å². The second-order valence-electron chi connectivity index (χ2n) is 6.81. The van der Waals surface area contributed by atoms with Gasteiger partial charge in [-0.15, -0.1) is 11.3 Å². The van der Waals surface area contributed by atoms with Crippen LogP contribution in [-0.2, 0) is 19.6 Å². The second-order valence-corrected chi connectivity index (χ2v) is 9.92. The van der Waals surface area contributed by atoms with Gasteiger partial charge in [0, 0.05) is 13.1 Å². The molecule has 1 aromatic heterocycles. The number of sulfonamides is 1. The zero-order valence-corrected chi connectivity index (χ0v) is 16.9. The van der Waals surface area contributed by atoms with E-state index in [1.54, 1.807) is 35.7 Å². The Bertz CT molecular complexity index is 1030. The molecule has 2 aliphatic heterocycles. The summed E-state index contributed by atoms with van der Waals surface area (Å²) in [6.07, 6.45) is 1.01. The van der Waals surface area contributed by atoms with E-state index in [9.17, 15) is 22.8 Å². The highest BCUT2D eigenvalue weighted by Gasteiger charge is 2.38. The maximum absolute atomic E-state index is 12.7. The molecule has 0 saturated carbocycles. The van der Waals surface area contributed by atoms with Gasteiger partial charge in [-0.2, -0.15) is 4.31 Å². The van der Waals surface area contributed by atoms with Crippen molar-refractivity contribution in [3.05, 3.63) is 52.9 Å². The third-order valence-corrected chi connectivity index (χ3v) is 8.26. The van der Waals surface area contributed by atoms with E-state index in [-0.39, 0.29) is 21.9 Å². The van der Waals surface area contributed by atoms with E-state index in [1.165, 1.54) is 10.4 Å². The average Bonchev–Trinajstić information content (AvgIpc) is 3.36. The van der Waals surface area contributed by atoms with Crippen molar-refractivity contribution in [2.45, 2.75) is 17.1 Å². The second kappa shape index (κ2) is 7.69. The summed E-state index contributed by atoms with van der Waals surface area (Å²) in [5, 5.41) is 1.69. The summed E-state index contributed by atoms with van der Waals surface area (Å²) in [4.78, 5) is 38.1. The Labute approximate surface area is 171 Å². The number of ether oxygens (including phenoxy) is 1. The van der Waals surface area contributed by atoms with Crippen molar-refractivity contribution in [1.29, 1.82) is 0 Å². The molecular weight excluding hydrogens is 416 g/mol. The monoisotopic (exact) mass is 434 g/mol. The number of carbonyl (C=O) groups excluding carboxylic acids is 3. The normalized spacial score (nSPS) is 20.0. The largest absolute Gasteiger partial charge is 0.443 e. The number of carbonyl (C=O) groups is 3. The fourth-order valence-electron chi connectivity index (χ4n) is 3.49. The first-order chi connectivity index (χ1) is 13.9. The lowest BCUT2D eigenvalue weighted by atomic mass is 10.0. The standard InChI is InChI=1S/C19H18N2O6S2/c22-17-14-6-1-2-7-15(14)18(23)21(17)12-27-19(24)13-5-3-9-20(11-13)29(25,26)16-8-4-10-28-16/h1-2,4,6-8,10,13H,3,5,9,11-12H2. The Balaban J connectivity index is 1.39. The molecule has 4 rings (SSSR count). The Hall–Kier alpha value is -2.56. The van der Waals surface area contributed by atoms with Crippen LogP contribution in [0, 0.1) is 5.92 Å². The van der Waals surface area contributed by atoms with Gasteiger partial charge in [-0.3, -0.25) is 14.4 Å². The first-order valence-electron chi connectivity index (χ1n) is 9.05. The van der Waals surface area contributed by atoms with Crippen molar-refractivity contribution in [3.8, 4) is 0 Å². The predicted molar refractivity (Wildman–Crippen MR) is 104 cm³/mol. The molecule has 152 valence electrons. The van der Waals surface area contributed by atoms with E-state index in [0.29, 0.717) is 19.4 Å². The smallest absolute Gasteiger partial charge is 0.312 e. The third-order valence-electron chi connectivity index (χ3n) is 5.02. The highest BCUT2D eigenvalue weighted by Crippen LogP contribution is 2.27. The van der Waals surface area contributed by atoms with Crippen LogP contribution in [-0.4, -0.2) is 55.2 Å². The molecule has 1 aromatic carbocycles. The molecular formula is C19H18N2O6S2. The number of amides is 2. The Morgan fingerprint density at radius 2 is 1.79 bits per heavy atom. The number of imide groups is 1. The molecule has 1 fully saturated rings. The minimum absolute atomic E-state index is 0.0151. The molecule has 0 N–H and O–H groups in total. The zero-order chi connectivity index (χ0) is 20.6. The Morgan fingerprint density at radius 1 is 1.10 bits per heavy atom. The summed E-state index contributed by atoms with van der Waals surface area (Å²) in [7, 11) is -3.64. The molecule has 0 bridgehead atoms. The number of hydrogen-bond donors (Lipinski definition) is 0. The van der Waals surface area contributed by atoms with Gasteiger partial charge >= 0.3 is 5.97 Å².